The SMILES string of the molecule is CCCN1CCC(n2nc(-c3ccc4cc(OCC)ccc4c3)c3c(N)ncnc32)CC1. The van der Waals surface area contributed by atoms with Gasteiger partial charge in [0.25, 0.3) is 0 Å². The summed E-state index contributed by atoms with van der Waals surface area (Å²) in [6, 6.07) is 12.9. The summed E-state index contributed by atoms with van der Waals surface area (Å²) in [5.41, 5.74) is 9.04. The highest BCUT2D eigenvalue weighted by Crippen LogP contribution is 2.35. The highest BCUT2D eigenvalue weighted by Gasteiger charge is 2.25. The molecule has 32 heavy (non-hydrogen) atoms. The van der Waals surface area contributed by atoms with Gasteiger partial charge < -0.3 is 15.4 Å². The number of benzene rings is 2. The van der Waals surface area contributed by atoms with Crippen molar-refractivity contribution in [1.29, 1.82) is 0 Å². The summed E-state index contributed by atoms with van der Waals surface area (Å²) in [7, 11) is 0. The summed E-state index contributed by atoms with van der Waals surface area (Å²) < 4.78 is 7.73. The van der Waals surface area contributed by atoms with Crippen molar-refractivity contribution >= 4 is 27.6 Å². The molecule has 4 aromatic rings. The Morgan fingerprint density at radius 2 is 1.81 bits per heavy atom. The van der Waals surface area contributed by atoms with Crippen LogP contribution in [0.4, 0.5) is 5.82 Å². The van der Waals surface area contributed by atoms with Crippen LogP contribution in [0.3, 0.4) is 0 Å². The normalized spacial score (nSPS) is 15.6. The summed E-state index contributed by atoms with van der Waals surface area (Å²) in [6.07, 6.45) is 4.87. The van der Waals surface area contributed by atoms with E-state index < -0.39 is 0 Å². The number of aromatic nitrogens is 4. The largest absolute Gasteiger partial charge is 0.494 e. The predicted octanol–water partition coefficient (Wildman–Crippen LogP) is 4.67. The number of hydrogen-bond donors (Lipinski definition) is 1. The summed E-state index contributed by atoms with van der Waals surface area (Å²) in [6.45, 7) is 8.23. The lowest BCUT2D eigenvalue weighted by Crippen LogP contribution is -2.35. The Hall–Kier alpha value is -3.19. The van der Waals surface area contributed by atoms with Crippen LogP contribution in [0.5, 0.6) is 5.75 Å². The molecule has 7 nitrogen and oxygen atoms in total. The number of ether oxygens (including phenoxy) is 1. The zero-order chi connectivity index (χ0) is 22.1. The fourth-order valence-corrected chi connectivity index (χ4v) is 4.78. The van der Waals surface area contributed by atoms with Gasteiger partial charge in [0.05, 0.1) is 18.0 Å². The smallest absolute Gasteiger partial charge is 0.164 e. The molecule has 0 spiro atoms. The second kappa shape index (κ2) is 8.74. The first-order valence-electron chi connectivity index (χ1n) is 11.6. The van der Waals surface area contributed by atoms with E-state index in [0.717, 1.165) is 71.3 Å². The second-order valence-corrected chi connectivity index (χ2v) is 8.48. The summed E-state index contributed by atoms with van der Waals surface area (Å²) >= 11 is 0. The Morgan fingerprint density at radius 3 is 2.59 bits per heavy atom. The van der Waals surface area contributed by atoms with Crippen LogP contribution >= 0.6 is 0 Å². The third-order valence-corrected chi connectivity index (χ3v) is 6.36. The van der Waals surface area contributed by atoms with Crippen molar-refractivity contribution in [2.24, 2.45) is 0 Å². The fourth-order valence-electron chi connectivity index (χ4n) is 4.78. The molecule has 0 amide bonds. The minimum Gasteiger partial charge on any atom is -0.494 e. The fraction of sp³-hybridized carbons (Fsp3) is 0.400. The van der Waals surface area contributed by atoms with Crippen LogP contribution in [0.1, 0.15) is 39.2 Å². The molecule has 0 saturated carbocycles. The minimum absolute atomic E-state index is 0.322. The van der Waals surface area contributed by atoms with Crippen LogP contribution < -0.4 is 10.5 Å². The molecule has 1 saturated heterocycles. The van der Waals surface area contributed by atoms with Crippen LogP contribution in [-0.2, 0) is 0 Å². The van der Waals surface area contributed by atoms with Crippen molar-refractivity contribution in [3.8, 4) is 17.0 Å². The number of rotatable bonds is 6. The van der Waals surface area contributed by atoms with Crippen molar-refractivity contribution in [3.63, 3.8) is 0 Å². The van der Waals surface area contributed by atoms with Gasteiger partial charge in [0.15, 0.2) is 5.65 Å². The first-order chi connectivity index (χ1) is 15.7. The van der Waals surface area contributed by atoms with Crippen LogP contribution in [0.2, 0.25) is 0 Å². The number of nitrogens with two attached hydrogens (primary N) is 1. The summed E-state index contributed by atoms with van der Waals surface area (Å²) in [5.74, 6) is 1.36. The van der Waals surface area contributed by atoms with Crippen LogP contribution in [-0.4, -0.2) is 50.9 Å². The third kappa shape index (κ3) is 3.77. The monoisotopic (exact) mass is 430 g/mol. The number of nitrogen functional groups attached to an aromatic ring is 1. The Bertz CT molecular complexity index is 1240. The molecular formula is C25H30N6O. The van der Waals surface area contributed by atoms with Gasteiger partial charge in [-0.25, -0.2) is 14.6 Å². The molecule has 0 atom stereocenters. The molecule has 0 bridgehead atoms. The molecule has 7 heteroatoms. The van der Waals surface area contributed by atoms with Gasteiger partial charge in [0.1, 0.15) is 23.6 Å². The van der Waals surface area contributed by atoms with E-state index in [-0.39, 0.29) is 0 Å². The third-order valence-electron chi connectivity index (χ3n) is 6.36. The van der Waals surface area contributed by atoms with Gasteiger partial charge >= 0.3 is 0 Å². The number of hydrogen-bond acceptors (Lipinski definition) is 6. The molecule has 1 aliphatic rings. The van der Waals surface area contributed by atoms with E-state index in [2.05, 4.69) is 56.8 Å². The highest BCUT2D eigenvalue weighted by atomic mass is 16.5. The quantitative estimate of drug-likeness (QED) is 0.478. The van der Waals surface area contributed by atoms with E-state index in [1.165, 1.54) is 6.42 Å². The lowest BCUT2D eigenvalue weighted by Gasteiger charge is -2.31. The van der Waals surface area contributed by atoms with Gasteiger partial charge in [-0.1, -0.05) is 25.1 Å². The van der Waals surface area contributed by atoms with E-state index in [9.17, 15) is 0 Å². The standard InChI is InChI=1S/C25H30N6O/c1-3-11-30-12-9-20(10-13-30)31-25-22(24(26)27-16-28-25)23(29-31)19-6-5-18-15-21(32-4-2)8-7-17(18)14-19/h5-8,14-16,20H,3-4,9-13H2,1-2H3,(H2,26,27,28). The Kier molecular flexibility index (Phi) is 5.66. The number of anilines is 1. The maximum Gasteiger partial charge on any atom is 0.164 e. The maximum atomic E-state index is 6.34. The molecule has 0 aliphatic carbocycles. The van der Waals surface area contributed by atoms with Gasteiger partial charge in [0, 0.05) is 18.7 Å². The number of fused-ring (bicyclic) bond motifs is 2. The molecule has 5 rings (SSSR count). The van der Waals surface area contributed by atoms with Crippen molar-refractivity contribution in [1.82, 2.24) is 24.6 Å². The molecule has 0 unspecified atom stereocenters. The van der Waals surface area contributed by atoms with Crippen LogP contribution in [0.25, 0.3) is 33.1 Å². The van der Waals surface area contributed by atoms with Gasteiger partial charge in [-0.3, -0.25) is 0 Å². The van der Waals surface area contributed by atoms with E-state index >= 15 is 0 Å². The summed E-state index contributed by atoms with van der Waals surface area (Å²) in [4.78, 5) is 11.4. The van der Waals surface area contributed by atoms with Gasteiger partial charge in [0.2, 0.25) is 0 Å². The van der Waals surface area contributed by atoms with E-state index in [4.69, 9.17) is 15.6 Å². The molecule has 3 heterocycles. The highest BCUT2D eigenvalue weighted by molar-refractivity contribution is 6.00. The minimum atomic E-state index is 0.322. The molecule has 2 aromatic carbocycles. The molecule has 0 radical (unpaired) electrons. The molecule has 1 fully saturated rings. The summed E-state index contributed by atoms with van der Waals surface area (Å²) in [5, 5.41) is 8.17. The number of likely N-dealkylation sites (tertiary alicyclic amines) is 1. The average molecular weight is 431 g/mol. The van der Waals surface area contributed by atoms with Crippen molar-refractivity contribution < 1.29 is 4.74 Å². The van der Waals surface area contributed by atoms with Gasteiger partial charge in [-0.2, -0.15) is 5.10 Å². The molecular weight excluding hydrogens is 400 g/mol. The zero-order valence-electron chi connectivity index (χ0n) is 18.8. The van der Waals surface area contributed by atoms with Crippen molar-refractivity contribution in [3.05, 3.63) is 42.7 Å². The topological polar surface area (TPSA) is 82.1 Å². The van der Waals surface area contributed by atoms with Gasteiger partial charge in [-0.05, 0) is 61.7 Å². The second-order valence-electron chi connectivity index (χ2n) is 8.48. The maximum absolute atomic E-state index is 6.34. The number of piperidine rings is 1. The molecule has 166 valence electrons. The molecule has 1 aliphatic heterocycles. The Labute approximate surface area is 188 Å². The lowest BCUT2D eigenvalue weighted by molar-refractivity contribution is 0.182. The van der Waals surface area contributed by atoms with Crippen molar-refractivity contribution in [2.45, 2.75) is 39.2 Å². The average Bonchev–Trinajstić information content (AvgIpc) is 3.21. The zero-order valence-corrected chi connectivity index (χ0v) is 18.8. The molecule has 2 aromatic heterocycles. The lowest BCUT2D eigenvalue weighted by atomic mass is 10.0. The Morgan fingerprint density at radius 1 is 1.03 bits per heavy atom. The van der Waals surface area contributed by atoms with Crippen LogP contribution in [0, 0.1) is 0 Å². The first-order valence-corrected chi connectivity index (χ1v) is 11.6. The Balaban J connectivity index is 1.55. The van der Waals surface area contributed by atoms with E-state index in [0.29, 0.717) is 18.5 Å². The van der Waals surface area contributed by atoms with E-state index in [1.807, 2.05) is 13.0 Å². The first kappa shape index (κ1) is 20.7. The predicted molar refractivity (Wildman–Crippen MR) is 129 cm³/mol. The van der Waals surface area contributed by atoms with Crippen molar-refractivity contribution in [2.75, 3.05) is 32.0 Å². The van der Waals surface area contributed by atoms with E-state index in [1.54, 1.807) is 6.33 Å². The van der Waals surface area contributed by atoms with Crippen LogP contribution in [0.15, 0.2) is 42.7 Å². The molecule has 2 N–H and O–H groups in total. The van der Waals surface area contributed by atoms with Gasteiger partial charge in [-0.15, -0.1) is 0 Å². The number of nitrogens with zero attached hydrogens (tertiary/aromatic N) is 5.